The maximum Gasteiger partial charge on any atom is 0.258 e. The first kappa shape index (κ1) is 17.6. The lowest BCUT2D eigenvalue weighted by molar-refractivity contribution is 0.102. The first-order valence-corrected chi connectivity index (χ1v) is 10.3. The van der Waals surface area contributed by atoms with Gasteiger partial charge in [0, 0.05) is 22.2 Å². The van der Waals surface area contributed by atoms with Gasteiger partial charge in [0.15, 0.2) is 15.0 Å². The maximum absolute atomic E-state index is 12.4. The van der Waals surface area contributed by atoms with Gasteiger partial charge in [-0.2, -0.15) is 0 Å². The Labute approximate surface area is 154 Å². The van der Waals surface area contributed by atoms with Gasteiger partial charge in [0.1, 0.15) is 0 Å². The van der Waals surface area contributed by atoms with Gasteiger partial charge in [-0.15, -0.1) is 11.3 Å². The van der Waals surface area contributed by atoms with Crippen molar-refractivity contribution >= 4 is 43.8 Å². The molecule has 8 heteroatoms. The van der Waals surface area contributed by atoms with Crippen LogP contribution in [0.2, 0.25) is 5.02 Å². The zero-order valence-corrected chi connectivity index (χ0v) is 15.5. The van der Waals surface area contributed by atoms with E-state index in [1.807, 2.05) is 12.1 Å². The van der Waals surface area contributed by atoms with Crippen LogP contribution in [0.1, 0.15) is 10.4 Å². The zero-order valence-electron chi connectivity index (χ0n) is 13.1. The van der Waals surface area contributed by atoms with Gasteiger partial charge >= 0.3 is 0 Å². The van der Waals surface area contributed by atoms with Crippen molar-refractivity contribution < 1.29 is 13.2 Å². The molecule has 1 N–H and O–H groups in total. The highest BCUT2D eigenvalue weighted by Crippen LogP contribution is 2.26. The number of sulfone groups is 1. The van der Waals surface area contributed by atoms with E-state index >= 15 is 0 Å². The van der Waals surface area contributed by atoms with Crippen molar-refractivity contribution in [3.05, 3.63) is 64.5 Å². The largest absolute Gasteiger partial charge is 0.298 e. The van der Waals surface area contributed by atoms with Crippen LogP contribution in [0.3, 0.4) is 0 Å². The number of nitrogens with zero attached hydrogens (tertiary/aromatic N) is 1. The minimum Gasteiger partial charge on any atom is -0.298 e. The molecule has 0 aliphatic rings. The second kappa shape index (κ2) is 6.95. The molecule has 1 amide bonds. The van der Waals surface area contributed by atoms with Crippen molar-refractivity contribution in [3.63, 3.8) is 0 Å². The summed E-state index contributed by atoms with van der Waals surface area (Å²) in [6.07, 6.45) is 1.07. The van der Waals surface area contributed by atoms with Crippen LogP contribution in [0.5, 0.6) is 0 Å². The van der Waals surface area contributed by atoms with Gasteiger partial charge in [0.25, 0.3) is 5.91 Å². The summed E-state index contributed by atoms with van der Waals surface area (Å²) in [7, 11) is -3.50. The summed E-state index contributed by atoms with van der Waals surface area (Å²) >= 11 is 7.13. The van der Waals surface area contributed by atoms with Crippen molar-refractivity contribution in [3.8, 4) is 11.3 Å². The third kappa shape index (κ3) is 4.07. The number of hydrogen-bond donors (Lipinski definition) is 1. The van der Waals surface area contributed by atoms with E-state index in [4.69, 9.17) is 11.6 Å². The van der Waals surface area contributed by atoms with Gasteiger partial charge in [-0.3, -0.25) is 10.1 Å². The van der Waals surface area contributed by atoms with Gasteiger partial charge in [0.05, 0.1) is 16.2 Å². The van der Waals surface area contributed by atoms with Gasteiger partial charge < -0.3 is 0 Å². The quantitative estimate of drug-likeness (QED) is 0.724. The van der Waals surface area contributed by atoms with Gasteiger partial charge in [-0.25, -0.2) is 13.4 Å². The number of benzene rings is 2. The molecule has 3 aromatic rings. The average molecular weight is 393 g/mol. The number of carbonyl (C=O) groups is 1. The lowest BCUT2D eigenvalue weighted by Gasteiger charge is -2.07. The smallest absolute Gasteiger partial charge is 0.258 e. The number of carbonyl (C=O) groups excluding carboxylic acids is 1. The highest BCUT2D eigenvalue weighted by Gasteiger charge is 2.19. The third-order valence-corrected chi connectivity index (χ3v) is 5.56. The molecule has 0 aliphatic heterocycles. The topological polar surface area (TPSA) is 76.1 Å². The highest BCUT2D eigenvalue weighted by molar-refractivity contribution is 7.90. The Balaban J connectivity index is 1.85. The van der Waals surface area contributed by atoms with Crippen LogP contribution in [0.25, 0.3) is 11.3 Å². The molecule has 0 aliphatic carbocycles. The van der Waals surface area contributed by atoms with Gasteiger partial charge in [-0.1, -0.05) is 35.9 Å². The molecule has 128 valence electrons. The van der Waals surface area contributed by atoms with Crippen molar-refractivity contribution in [2.45, 2.75) is 4.90 Å². The van der Waals surface area contributed by atoms with Crippen LogP contribution < -0.4 is 5.32 Å². The SMILES string of the molecule is CS(=O)(=O)c1ccccc1C(=O)Nc1nc(-c2ccc(Cl)cc2)cs1. The van der Waals surface area contributed by atoms with Crippen molar-refractivity contribution in [1.82, 2.24) is 4.98 Å². The van der Waals surface area contributed by atoms with Crippen LogP contribution in [-0.4, -0.2) is 25.6 Å². The first-order chi connectivity index (χ1) is 11.8. The normalized spacial score (nSPS) is 11.3. The predicted molar refractivity (Wildman–Crippen MR) is 100 cm³/mol. The minimum atomic E-state index is -3.50. The molecular formula is C17H13ClN2O3S2. The van der Waals surface area contributed by atoms with E-state index < -0.39 is 15.7 Å². The Morgan fingerprint density at radius 2 is 1.80 bits per heavy atom. The number of halogens is 1. The lowest BCUT2D eigenvalue weighted by atomic mass is 10.2. The molecule has 3 rings (SSSR count). The molecule has 5 nitrogen and oxygen atoms in total. The standard InChI is InChI=1S/C17H13ClN2O3S2/c1-25(22,23)15-5-3-2-4-13(15)16(21)20-17-19-14(10-24-17)11-6-8-12(18)9-7-11/h2-10H,1H3,(H,19,20,21). The van der Waals surface area contributed by atoms with Crippen molar-refractivity contribution in [1.29, 1.82) is 0 Å². The minimum absolute atomic E-state index is 0.0121. The monoisotopic (exact) mass is 392 g/mol. The molecule has 1 heterocycles. The van der Waals surface area contributed by atoms with E-state index in [2.05, 4.69) is 10.3 Å². The number of amides is 1. The van der Waals surface area contributed by atoms with Gasteiger partial charge in [0.2, 0.25) is 0 Å². The molecule has 0 radical (unpaired) electrons. The summed E-state index contributed by atoms with van der Waals surface area (Å²) in [5.41, 5.74) is 1.67. The predicted octanol–water partition coefficient (Wildman–Crippen LogP) is 4.12. The van der Waals surface area contributed by atoms with E-state index in [0.29, 0.717) is 15.8 Å². The molecule has 0 spiro atoms. The summed E-state index contributed by atoms with van der Waals surface area (Å²) in [6.45, 7) is 0. The van der Waals surface area contributed by atoms with E-state index in [9.17, 15) is 13.2 Å². The molecule has 1 aromatic heterocycles. The third-order valence-electron chi connectivity index (χ3n) is 3.40. The Hall–Kier alpha value is -2.22. The highest BCUT2D eigenvalue weighted by atomic mass is 35.5. The summed E-state index contributed by atoms with van der Waals surface area (Å²) in [5, 5.41) is 5.47. The number of nitrogens with one attached hydrogen (secondary N) is 1. The number of rotatable bonds is 4. The van der Waals surface area contributed by atoms with E-state index in [1.165, 1.54) is 23.5 Å². The average Bonchev–Trinajstić information content (AvgIpc) is 3.03. The second-order valence-corrected chi connectivity index (χ2v) is 8.55. The second-order valence-electron chi connectivity index (χ2n) is 5.27. The molecule has 0 unspecified atom stereocenters. The fourth-order valence-corrected chi connectivity index (χ4v) is 3.95. The Morgan fingerprint density at radius 3 is 2.48 bits per heavy atom. The number of hydrogen-bond acceptors (Lipinski definition) is 5. The van der Waals surface area contributed by atoms with Crippen LogP contribution in [0.4, 0.5) is 5.13 Å². The maximum atomic E-state index is 12.4. The molecule has 0 saturated carbocycles. The number of thiazole rings is 1. The van der Waals surface area contributed by atoms with Crippen LogP contribution in [0.15, 0.2) is 58.8 Å². The van der Waals surface area contributed by atoms with Crippen molar-refractivity contribution in [2.75, 3.05) is 11.6 Å². The first-order valence-electron chi connectivity index (χ1n) is 7.16. The van der Waals surface area contributed by atoms with Crippen LogP contribution >= 0.6 is 22.9 Å². The molecule has 0 bridgehead atoms. The summed E-state index contributed by atoms with van der Waals surface area (Å²) in [6, 6.07) is 13.3. The molecule has 0 fully saturated rings. The Morgan fingerprint density at radius 1 is 1.12 bits per heavy atom. The van der Waals surface area contributed by atoms with Crippen LogP contribution in [-0.2, 0) is 9.84 Å². The fourth-order valence-electron chi connectivity index (χ4n) is 2.23. The fraction of sp³-hybridized carbons (Fsp3) is 0.0588. The zero-order chi connectivity index (χ0) is 18.0. The molecule has 25 heavy (non-hydrogen) atoms. The van der Waals surface area contributed by atoms with E-state index in [0.717, 1.165) is 11.8 Å². The lowest BCUT2D eigenvalue weighted by Crippen LogP contribution is -2.15. The van der Waals surface area contributed by atoms with E-state index in [1.54, 1.807) is 29.6 Å². The summed E-state index contributed by atoms with van der Waals surface area (Å²) < 4.78 is 23.6. The number of anilines is 1. The summed E-state index contributed by atoms with van der Waals surface area (Å²) in [4.78, 5) is 16.8. The Bertz CT molecular complexity index is 1030. The Kier molecular flexibility index (Phi) is 4.89. The summed E-state index contributed by atoms with van der Waals surface area (Å²) in [5.74, 6) is -0.516. The van der Waals surface area contributed by atoms with Crippen LogP contribution in [0, 0.1) is 0 Å². The molecule has 0 saturated heterocycles. The van der Waals surface area contributed by atoms with E-state index in [-0.39, 0.29) is 10.5 Å². The van der Waals surface area contributed by atoms with Crippen molar-refractivity contribution in [2.24, 2.45) is 0 Å². The number of aromatic nitrogens is 1. The molecule has 2 aromatic carbocycles. The molecular weight excluding hydrogens is 380 g/mol. The van der Waals surface area contributed by atoms with Gasteiger partial charge in [-0.05, 0) is 24.3 Å². The molecule has 0 atom stereocenters.